The quantitative estimate of drug-likeness (QED) is 0.690. The van der Waals surface area contributed by atoms with Gasteiger partial charge in [0.15, 0.2) is 0 Å². The molecule has 0 amide bonds. The van der Waals surface area contributed by atoms with Gasteiger partial charge in [0.25, 0.3) is 0 Å². The first-order valence-electron chi connectivity index (χ1n) is 6.87. The first-order valence-corrected chi connectivity index (χ1v) is 6.87. The highest BCUT2D eigenvalue weighted by Crippen LogP contribution is 2.37. The van der Waals surface area contributed by atoms with E-state index in [1.807, 2.05) is 0 Å². The predicted molar refractivity (Wildman–Crippen MR) is 83.6 cm³/mol. The number of pyridine rings is 1. The minimum absolute atomic E-state index is 0.0256. The first kappa shape index (κ1) is 15.8. The zero-order valence-corrected chi connectivity index (χ0v) is 12.1. The van der Waals surface area contributed by atoms with Gasteiger partial charge < -0.3 is 10.8 Å². The van der Waals surface area contributed by atoms with Crippen molar-refractivity contribution in [3.05, 3.63) is 59.8 Å². The van der Waals surface area contributed by atoms with Crippen LogP contribution in [0.2, 0.25) is 0 Å². The molecule has 0 atom stereocenters. The molecule has 0 spiro atoms. The summed E-state index contributed by atoms with van der Waals surface area (Å²) in [5, 5.41) is 9.75. The summed E-state index contributed by atoms with van der Waals surface area (Å²) >= 11 is 0. The molecule has 0 bridgehead atoms. The van der Waals surface area contributed by atoms with E-state index in [-0.39, 0.29) is 22.3 Å². The fourth-order valence-electron chi connectivity index (χ4n) is 2.59. The largest absolute Gasteiger partial charge is 0.478 e. The number of nitrogens with two attached hydrogens (primary N) is 1. The number of hydrogen-bond acceptors (Lipinski definition) is 3. The third-order valence-electron chi connectivity index (χ3n) is 3.67. The Morgan fingerprint density at radius 1 is 1.12 bits per heavy atom. The summed E-state index contributed by atoms with van der Waals surface area (Å²) < 4.78 is 38.5. The molecule has 3 rings (SSSR count). The number of carboxylic acids is 1. The van der Waals surface area contributed by atoms with E-state index in [2.05, 4.69) is 4.98 Å². The van der Waals surface area contributed by atoms with Crippen LogP contribution in [0.15, 0.2) is 48.7 Å². The summed E-state index contributed by atoms with van der Waals surface area (Å²) in [6.07, 6.45) is -3.15. The Kier molecular flexibility index (Phi) is 3.63. The van der Waals surface area contributed by atoms with Gasteiger partial charge in [-0.05, 0) is 35.9 Å². The van der Waals surface area contributed by atoms with E-state index in [0.717, 1.165) is 12.1 Å². The number of nitrogen functional groups attached to an aromatic ring is 1. The minimum atomic E-state index is -4.48. The predicted octanol–water partition coefficient (Wildman–Crippen LogP) is 4.20. The highest BCUT2D eigenvalue weighted by Gasteiger charge is 2.30. The zero-order chi connectivity index (χ0) is 17.5. The van der Waals surface area contributed by atoms with Gasteiger partial charge >= 0.3 is 12.1 Å². The van der Waals surface area contributed by atoms with Gasteiger partial charge in [-0.25, -0.2) is 4.79 Å². The van der Waals surface area contributed by atoms with Gasteiger partial charge in [0.1, 0.15) is 0 Å². The van der Waals surface area contributed by atoms with Crippen molar-refractivity contribution >= 4 is 22.6 Å². The number of fused-ring (bicyclic) bond motifs is 1. The van der Waals surface area contributed by atoms with Crippen molar-refractivity contribution < 1.29 is 23.1 Å². The number of alkyl halides is 3. The molecule has 3 aromatic rings. The number of rotatable bonds is 2. The number of hydrogen-bond donors (Lipinski definition) is 2. The molecule has 7 heteroatoms. The van der Waals surface area contributed by atoms with Gasteiger partial charge in [0, 0.05) is 22.8 Å². The van der Waals surface area contributed by atoms with Crippen molar-refractivity contribution in [2.45, 2.75) is 6.18 Å². The molecule has 0 saturated carbocycles. The number of carboxylic acid groups (broad SMARTS) is 1. The molecule has 122 valence electrons. The number of carbonyl (C=O) groups is 1. The minimum Gasteiger partial charge on any atom is -0.478 e. The Labute approximate surface area is 134 Å². The third-order valence-corrected chi connectivity index (χ3v) is 3.67. The van der Waals surface area contributed by atoms with Crippen LogP contribution in [0.5, 0.6) is 0 Å². The van der Waals surface area contributed by atoms with Crippen LogP contribution in [0.25, 0.3) is 22.0 Å². The smallest absolute Gasteiger partial charge is 0.416 e. The Balaban J connectivity index is 2.31. The molecule has 0 aliphatic carbocycles. The average Bonchev–Trinajstić information content (AvgIpc) is 2.52. The van der Waals surface area contributed by atoms with E-state index in [1.165, 1.54) is 36.5 Å². The Bertz CT molecular complexity index is 952. The van der Waals surface area contributed by atoms with E-state index in [1.54, 1.807) is 0 Å². The Morgan fingerprint density at radius 2 is 1.88 bits per heavy atom. The highest BCUT2D eigenvalue weighted by atomic mass is 19.4. The van der Waals surface area contributed by atoms with Crippen molar-refractivity contribution in [3.8, 4) is 11.1 Å². The van der Waals surface area contributed by atoms with Crippen molar-refractivity contribution in [1.29, 1.82) is 0 Å². The van der Waals surface area contributed by atoms with Crippen molar-refractivity contribution in [2.75, 3.05) is 5.73 Å². The molecule has 4 nitrogen and oxygen atoms in total. The first-order chi connectivity index (χ1) is 11.3. The van der Waals surface area contributed by atoms with Crippen LogP contribution in [0.3, 0.4) is 0 Å². The highest BCUT2D eigenvalue weighted by molar-refractivity contribution is 6.06. The summed E-state index contributed by atoms with van der Waals surface area (Å²) in [5.74, 6) is -1.17. The van der Waals surface area contributed by atoms with Gasteiger partial charge in [-0.15, -0.1) is 0 Å². The number of benzene rings is 2. The second kappa shape index (κ2) is 5.52. The van der Waals surface area contributed by atoms with Crippen LogP contribution >= 0.6 is 0 Å². The van der Waals surface area contributed by atoms with Crippen LogP contribution in [-0.4, -0.2) is 16.1 Å². The topological polar surface area (TPSA) is 76.2 Å². The van der Waals surface area contributed by atoms with E-state index in [9.17, 15) is 23.1 Å². The van der Waals surface area contributed by atoms with Crippen LogP contribution in [0.1, 0.15) is 15.9 Å². The van der Waals surface area contributed by atoms with Crippen molar-refractivity contribution in [3.63, 3.8) is 0 Å². The standard InChI is InChI=1S/C17H11F3N2O2/c18-17(19,20)9-4-5-10-11(6-7-22-14(10)8-9)15-12(16(23)24)2-1-3-13(15)21/h1-8H,21H2,(H,23,24). The summed E-state index contributed by atoms with van der Waals surface area (Å²) in [6, 6.07) is 9.12. The van der Waals surface area contributed by atoms with Gasteiger partial charge in [0.05, 0.1) is 16.6 Å². The number of anilines is 1. The Hall–Kier alpha value is -3.09. The maximum absolute atomic E-state index is 12.8. The van der Waals surface area contributed by atoms with E-state index in [4.69, 9.17) is 5.73 Å². The molecule has 0 aliphatic rings. The molecule has 2 aromatic carbocycles. The van der Waals surface area contributed by atoms with E-state index in [0.29, 0.717) is 10.9 Å². The molecule has 0 unspecified atom stereocenters. The normalized spacial score (nSPS) is 11.6. The molecule has 0 fully saturated rings. The van der Waals surface area contributed by atoms with Crippen LogP contribution < -0.4 is 5.73 Å². The van der Waals surface area contributed by atoms with Crippen LogP contribution in [0.4, 0.5) is 18.9 Å². The average molecular weight is 332 g/mol. The zero-order valence-electron chi connectivity index (χ0n) is 12.1. The molecule has 1 aromatic heterocycles. The van der Waals surface area contributed by atoms with E-state index >= 15 is 0 Å². The summed E-state index contributed by atoms with van der Waals surface area (Å²) in [7, 11) is 0. The second-order valence-corrected chi connectivity index (χ2v) is 5.16. The van der Waals surface area contributed by atoms with Crippen molar-refractivity contribution in [1.82, 2.24) is 4.98 Å². The lowest BCUT2D eigenvalue weighted by molar-refractivity contribution is -0.137. The maximum atomic E-state index is 12.8. The Morgan fingerprint density at radius 3 is 2.54 bits per heavy atom. The number of aromatic nitrogens is 1. The molecule has 0 aliphatic heterocycles. The maximum Gasteiger partial charge on any atom is 0.416 e. The van der Waals surface area contributed by atoms with Gasteiger partial charge in [-0.1, -0.05) is 12.1 Å². The fraction of sp³-hybridized carbons (Fsp3) is 0.0588. The van der Waals surface area contributed by atoms with Crippen LogP contribution in [-0.2, 0) is 6.18 Å². The van der Waals surface area contributed by atoms with Gasteiger partial charge in [-0.2, -0.15) is 13.2 Å². The van der Waals surface area contributed by atoms with E-state index < -0.39 is 17.7 Å². The molecule has 24 heavy (non-hydrogen) atoms. The third kappa shape index (κ3) is 2.64. The molecule has 0 radical (unpaired) electrons. The summed E-state index contributed by atoms with van der Waals surface area (Å²) in [5.41, 5.74) is 6.09. The molecule has 1 heterocycles. The van der Waals surface area contributed by atoms with Gasteiger partial charge in [0.2, 0.25) is 0 Å². The lowest BCUT2D eigenvalue weighted by atomic mass is 9.94. The monoisotopic (exact) mass is 332 g/mol. The summed E-state index contributed by atoms with van der Waals surface area (Å²) in [4.78, 5) is 15.4. The summed E-state index contributed by atoms with van der Waals surface area (Å²) in [6.45, 7) is 0. The molecule has 0 saturated heterocycles. The number of halogens is 3. The molecule has 3 N–H and O–H groups in total. The SMILES string of the molecule is Nc1cccc(C(=O)O)c1-c1ccnc2cc(C(F)(F)F)ccc12. The van der Waals surface area contributed by atoms with Crippen LogP contribution in [0, 0.1) is 0 Å². The fourth-order valence-corrected chi connectivity index (χ4v) is 2.59. The number of nitrogens with zero attached hydrogens (tertiary/aromatic N) is 1. The van der Waals surface area contributed by atoms with Crippen molar-refractivity contribution in [2.24, 2.45) is 0 Å². The van der Waals surface area contributed by atoms with Gasteiger partial charge in [-0.3, -0.25) is 4.98 Å². The lowest BCUT2D eigenvalue weighted by Crippen LogP contribution is -2.05. The lowest BCUT2D eigenvalue weighted by Gasteiger charge is -2.13. The second-order valence-electron chi connectivity index (χ2n) is 5.16. The molecular formula is C17H11F3N2O2. The number of aromatic carboxylic acids is 1. The molecular weight excluding hydrogens is 321 g/mol.